The predicted octanol–water partition coefficient (Wildman–Crippen LogP) is 21.8. The molecule has 8 aromatic rings. The minimum absolute atomic E-state index is 0.000648. The van der Waals surface area contributed by atoms with Gasteiger partial charge in [0.2, 0.25) is 0 Å². The van der Waals surface area contributed by atoms with Gasteiger partial charge in [-0.25, -0.2) is 55.1 Å². The van der Waals surface area contributed by atoms with Gasteiger partial charge >= 0.3 is 42.0 Å². The molecule has 0 aliphatic carbocycles. The number of carbonyl (C=O) groups is 6. The molecule has 0 radical (unpaired) electrons. The summed E-state index contributed by atoms with van der Waals surface area (Å²) in [6, 6.07) is 41.2. The lowest BCUT2D eigenvalue weighted by atomic mass is 9.97. The van der Waals surface area contributed by atoms with Gasteiger partial charge in [0, 0.05) is 5.56 Å². The summed E-state index contributed by atoms with van der Waals surface area (Å²) < 4.78 is 83.2. The summed E-state index contributed by atoms with van der Waals surface area (Å²) in [7, 11) is 1.24. The van der Waals surface area contributed by atoms with Gasteiger partial charge in [0.25, 0.3) is 0 Å². The van der Waals surface area contributed by atoms with Gasteiger partial charge in [0.15, 0.2) is 0 Å². The second kappa shape index (κ2) is 46.7. The van der Waals surface area contributed by atoms with Crippen molar-refractivity contribution in [1.82, 2.24) is 0 Å². The number of halogens is 7. The molecule has 0 saturated carbocycles. The smallest absolute Gasteiger partial charge is 0.373 e. The maximum Gasteiger partial charge on any atom is 0.373 e. The Morgan fingerprint density at radius 1 is 0.396 bits per heavy atom. The Hall–Kier alpha value is -10.9. The number of hydrogen-bond donors (Lipinski definition) is 5. The number of carboxylic acid groups (broad SMARTS) is 5. The molecule has 0 unspecified atom stereocenters. The summed E-state index contributed by atoms with van der Waals surface area (Å²) >= 11 is 5.72. The molecule has 5 N–H and O–H groups in total. The molecule has 24 heteroatoms. The number of ether oxygens (including phenoxy) is 1. The maximum atomic E-state index is 13.5. The quantitative estimate of drug-likeness (QED) is 0.0471. The molecular weight excluding hydrogens is 1400 g/mol. The minimum atomic E-state index is -1.22. The van der Waals surface area contributed by atoms with Gasteiger partial charge in [-0.2, -0.15) is 14.7 Å². The Morgan fingerprint density at radius 2 is 0.868 bits per heavy atom. The highest BCUT2D eigenvalue weighted by atomic mass is 35.5. The molecule has 0 fully saturated rings. The predicted molar refractivity (Wildman–Crippen MR) is 396 cm³/mol. The molecule has 568 valence electrons. The fraction of sp³-hybridized carbons (Fsp3) is 0.317. The van der Waals surface area contributed by atoms with Crippen LogP contribution in [0.15, 0.2) is 173 Å². The summed E-state index contributed by atoms with van der Waals surface area (Å²) in [5, 5.41) is 54.8. The van der Waals surface area contributed by atoms with Crippen molar-refractivity contribution in [2.24, 2.45) is 15.4 Å². The molecule has 1 aliphatic rings. The number of esters is 1. The zero-order chi connectivity index (χ0) is 81.0. The van der Waals surface area contributed by atoms with Crippen LogP contribution in [0.1, 0.15) is 270 Å². The van der Waals surface area contributed by atoms with Crippen molar-refractivity contribution in [1.29, 1.82) is 0 Å². The highest BCUT2D eigenvalue weighted by Gasteiger charge is 2.19. The van der Waals surface area contributed by atoms with E-state index in [9.17, 15) is 55.1 Å². The van der Waals surface area contributed by atoms with Gasteiger partial charge in [-0.3, -0.25) is 0 Å². The Balaban J connectivity index is 0.000000604. The monoisotopic (exact) mass is 1490 g/mol. The van der Waals surface area contributed by atoms with E-state index in [2.05, 4.69) is 72.1 Å². The second-order valence-electron chi connectivity index (χ2n) is 25.9. The minimum Gasteiger partial charge on any atom is -0.478 e. The van der Waals surface area contributed by atoms with Crippen LogP contribution in [-0.2, 0) is 14.3 Å². The number of aromatic carboxylic acids is 5. The van der Waals surface area contributed by atoms with Crippen LogP contribution in [-0.4, -0.2) is 86.9 Å². The van der Waals surface area contributed by atoms with Gasteiger partial charge in [0.05, 0.1) is 51.2 Å². The number of methoxy groups -OCH3 is 1. The van der Waals surface area contributed by atoms with Crippen LogP contribution in [0.5, 0.6) is 0 Å². The first-order chi connectivity index (χ1) is 49.6. The molecule has 9 rings (SSSR count). The Labute approximate surface area is 619 Å². The highest BCUT2D eigenvalue weighted by Crippen LogP contribution is 2.27. The van der Waals surface area contributed by atoms with Crippen molar-refractivity contribution >= 4 is 59.3 Å². The summed E-state index contributed by atoms with van der Waals surface area (Å²) in [5.74, 6) is -6.98. The summed E-state index contributed by atoms with van der Waals surface area (Å²) in [6.07, 6.45) is 0.250. The van der Waals surface area contributed by atoms with E-state index in [0.717, 1.165) is 28.8 Å². The molecule has 17 nitrogen and oxygen atoms in total. The third-order valence-electron chi connectivity index (χ3n) is 15.3. The van der Waals surface area contributed by atoms with Gasteiger partial charge in [-0.1, -0.05) is 189 Å². The Bertz CT molecular complexity index is 4310. The fourth-order valence-corrected chi connectivity index (χ4v) is 9.32. The van der Waals surface area contributed by atoms with Gasteiger partial charge in [0.1, 0.15) is 41.4 Å². The molecule has 0 amide bonds. The molecule has 0 bridgehead atoms. The van der Waals surface area contributed by atoms with Crippen molar-refractivity contribution in [2.75, 3.05) is 13.7 Å². The van der Waals surface area contributed by atoms with Crippen LogP contribution >= 0.6 is 11.6 Å². The van der Waals surface area contributed by atoms with Crippen LogP contribution in [0.4, 0.5) is 26.3 Å². The van der Waals surface area contributed by atoms with E-state index in [1.807, 2.05) is 101 Å². The third-order valence-corrected chi connectivity index (χ3v) is 15.6. The zero-order valence-electron chi connectivity index (χ0n) is 62.2. The zero-order valence-corrected chi connectivity index (χ0v) is 63.0. The number of rotatable bonds is 15. The lowest BCUT2D eigenvalue weighted by molar-refractivity contribution is -0.191. The van der Waals surface area contributed by atoms with E-state index < -0.39 is 59.1 Å². The lowest BCUT2D eigenvalue weighted by Gasteiger charge is -2.08. The summed E-state index contributed by atoms with van der Waals surface area (Å²) in [4.78, 5) is 80.5. The first-order valence-electron chi connectivity index (χ1n) is 33.4. The number of hydrogen-bond acceptors (Lipinski definition) is 12. The lowest BCUT2D eigenvalue weighted by Crippen LogP contribution is -2.06. The van der Waals surface area contributed by atoms with Crippen molar-refractivity contribution in [3.05, 3.63) is 281 Å². The Kier molecular flexibility index (Phi) is 41.1. The molecule has 0 aromatic heterocycles. The summed E-state index contributed by atoms with van der Waals surface area (Å²) in [6.45, 7) is 31.7. The average Bonchev–Trinajstić information content (AvgIpc) is 1.42. The van der Waals surface area contributed by atoms with E-state index in [1.165, 1.54) is 79.4 Å². The fourth-order valence-electron chi connectivity index (χ4n) is 9.12. The molecule has 0 atom stereocenters. The third kappa shape index (κ3) is 32.0. The Morgan fingerprint density at radius 3 is 1.31 bits per heavy atom. The summed E-state index contributed by atoms with van der Waals surface area (Å²) in [5.41, 5.74) is 7.90. The van der Waals surface area contributed by atoms with E-state index in [0.29, 0.717) is 57.8 Å². The van der Waals surface area contributed by atoms with Crippen LogP contribution in [0, 0.1) is 34.9 Å². The highest BCUT2D eigenvalue weighted by molar-refractivity contribution is 6.33. The van der Waals surface area contributed by atoms with Crippen molar-refractivity contribution < 1.29 is 95.0 Å². The molecule has 0 saturated heterocycles. The molecule has 1 heterocycles. The number of nitrogens with zero attached hydrogens (tertiary/aromatic N) is 3. The van der Waals surface area contributed by atoms with E-state index in [1.54, 1.807) is 36.4 Å². The average molecular weight is 1490 g/mol. The van der Waals surface area contributed by atoms with Crippen LogP contribution in [0.25, 0.3) is 0 Å². The first kappa shape index (κ1) is 93.1. The van der Waals surface area contributed by atoms with Crippen LogP contribution in [0.3, 0.4) is 0 Å². The molecule has 106 heavy (non-hydrogen) atoms. The molecule has 1 aliphatic heterocycles. The van der Waals surface area contributed by atoms with Gasteiger partial charge in [-0.05, 0) is 188 Å². The van der Waals surface area contributed by atoms with Crippen LogP contribution < -0.4 is 0 Å². The largest absolute Gasteiger partial charge is 0.478 e. The molecule has 8 aromatic carbocycles. The second-order valence-corrected chi connectivity index (χ2v) is 26.3. The standard InChI is InChI=1S/C11H12FN3.C11H13FO2.C10H11ClO2.4C10H11FO2.C9H12.CO2/c1-7(2)8-3-4-10(12)9(5-8)11-6-13-15-14-11;1-7(2)8-4-5-10(12)9(6-8)11(13)14-3;1-6(2)7-3-4-9(11)8(5-7)10(12)13;1-6(2)7-3-8(10(12)13)5-9(11)4-7;1-6(2)8-5-7(10(12)13)3-4-9(8)11;1-6(2)8-4-3-7(11)5-9(8)10(12)13;1-6(2)7-4-3-5-8(9(7)11)10(12)13;1-8(2)9-6-4-3-5-7-9;2-1-3/h3-5,7H,6H2,1-2H3;4-7H,1-3H3;5*3-6H,1-2H3,(H,12,13);3-8H,1-2H3;. The SMILES string of the molecule is CC(C)c1cc(C(=O)O)ccc1F.CC(C)c1cc(F)cc(C(=O)O)c1.CC(C)c1ccc(Cl)c(C(=O)O)c1.CC(C)c1ccc(F)c(C2=NN=NC2)c1.CC(C)c1ccc(F)cc1C(=O)O.CC(C)c1cccc(C(=O)O)c1F.CC(C)c1ccccc1.COC(=O)c1cc(C(C)C)ccc1F.O=C=O. The van der Waals surface area contributed by atoms with Crippen molar-refractivity contribution in [3.8, 4) is 0 Å². The number of carboxylic acids is 5. The van der Waals surface area contributed by atoms with Gasteiger partial charge in [-0.15, -0.1) is 5.10 Å². The van der Waals surface area contributed by atoms with E-state index in [-0.39, 0.29) is 85.8 Å². The molecule has 0 spiro atoms. The van der Waals surface area contributed by atoms with Crippen molar-refractivity contribution in [2.45, 2.75) is 158 Å². The topological polar surface area (TPSA) is 284 Å². The van der Waals surface area contributed by atoms with Crippen molar-refractivity contribution in [3.63, 3.8) is 0 Å². The van der Waals surface area contributed by atoms with Gasteiger partial charge < -0.3 is 30.3 Å². The normalized spacial score (nSPS) is 10.8. The number of benzene rings is 8. The van der Waals surface area contributed by atoms with E-state index in [4.69, 9.17) is 46.7 Å². The molecular formula is C82H92ClF6N3O14. The van der Waals surface area contributed by atoms with E-state index >= 15 is 0 Å². The number of carbonyl (C=O) groups excluding carboxylic acids is 3. The van der Waals surface area contributed by atoms with Crippen LogP contribution in [0.2, 0.25) is 5.02 Å². The maximum absolute atomic E-state index is 13.5. The first-order valence-corrected chi connectivity index (χ1v) is 33.7.